The second-order valence-electron chi connectivity index (χ2n) is 7.18. The molecule has 0 fully saturated rings. The van der Waals surface area contributed by atoms with E-state index in [0.29, 0.717) is 29.0 Å². The van der Waals surface area contributed by atoms with Gasteiger partial charge >= 0.3 is 6.36 Å². The molecule has 4 aromatic rings. The van der Waals surface area contributed by atoms with Crippen molar-refractivity contribution in [2.75, 3.05) is 5.32 Å². The van der Waals surface area contributed by atoms with Gasteiger partial charge in [-0.2, -0.15) is 0 Å². The van der Waals surface area contributed by atoms with Crippen LogP contribution >= 0.6 is 11.8 Å². The standard InChI is InChI=1S/C23H19F3N4O3S/c1-15(21(31)27-17-9-11-18(12-10-17)33-23(24,25)26)34-22-29-28-20(19-8-5-13-32-19)30(22)14-16-6-3-2-4-7-16/h2-13,15H,14H2,1H3,(H,27,31)/t15-/m1/s1. The van der Waals surface area contributed by atoms with E-state index in [-0.39, 0.29) is 11.7 Å². The van der Waals surface area contributed by atoms with Gasteiger partial charge in [0.1, 0.15) is 5.75 Å². The fraction of sp³-hybridized carbons (Fsp3) is 0.174. The molecular weight excluding hydrogens is 469 g/mol. The van der Waals surface area contributed by atoms with E-state index in [0.717, 1.165) is 17.7 Å². The molecule has 0 saturated heterocycles. The van der Waals surface area contributed by atoms with Gasteiger partial charge < -0.3 is 14.5 Å². The number of furan rings is 1. The number of rotatable bonds is 8. The van der Waals surface area contributed by atoms with Gasteiger partial charge in [0.2, 0.25) is 11.7 Å². The van der Waals surface area contributed by atoms with E-state index >= 15 is 0 Å². The molecule has 1 amide bonds. The predicted octanol–water partition coefficient (Wildman–Crippen LogP) is 5.60. The number of aromatic nitrogens is 3. The van der Waals surface area contributed by atoms with Gasteiger partial charge in [-0.15, -0.1) is 23.4 Å². The summed E-state index contributed by atoms with van der Waals surface area (Å²) in [6.07, 6.45) is -3.23. The maximum atomic E-state index is 12.7. The van der Waals surface area contributed by atoms with Crippen molar-refractivity contribution in [2.45, 2.75) is 30.2 Å². The molecule has 1 N–H and O–H groups in total. The Labute approximate surface area is 196 Å². The lowest BCUT2D eigenvalue weighted by Crippen LogP contribution is -2.23. The maximum absolute atomic E-state index is 12.7. The van der Waals surface area contributed by atoms with Gasteiger partial charge in [-0.3, -0.25) is 9.36 Å². The molecule has 0 aliphatic carbocycles. The second-order valence-corrected chi connectivity index (χ2v) is 8.48. The molecule has 0 saturated carbocycles. The molecule has 4 rings (SSSR count). The lowest BCUT2D eigenvalue weighted by atomic mass is 10.2. The number of benzene rings is 2. The highest BCUT2D eigenvalue weighted by atomic mass is 32.2. The number of hydrogen-bond acceptors (Lipinski definition) is 6. The van der Waals surface area contributed by atoms with E-state index in [1.807, 2.05) is 34.9 Å². The number of ether oxygens (including phenoxy) is 1. The van der Waals surface area contributed by atoms with Crippen molar-refractivity contribution in [3.05, 3.63) is 78.6 Å². The van der Waals surface area contributed by atoms with E-state index in [2.05, 4.69) is 20.3 Å². The van der Waals surface area contributed by atoms with Gasteiger partial charge in [0.05, 0.1) is 18.1 Å². The van der Waals surface area contributed by atoms with Gasteiger partial charge in [-0.05, 0) is 48.9 Å². The Morgan fingerprint density at radius 2 is 1.82 bits per heavy atom. The molecule has 11 heteroatoms. The summed E-state index contributed by atoms with van der Waals surface area (Å²) in [4.78, 5) is 12.7. The first kappa shape index (κ1) is 23.4. The maximum Gasteiger partial charge on any atom is 0.573 e. The summed E-state index contributed by atoms with van der Waals surface area (Å²) in [6, 6.07) is 18.2. The third kappa shape index (κ3) is 5.98. The van der Waals surface area contributed by atoms with Crippen molar-refractivity contribution in [1.82, 2.24) is 14.8 Å². The third-order valence-corrected chi connectivity index (χ3v) is 5.73. The van der Waals surface area contributed by atoms with E-state index < -0.39 is 11.6 Å². The Morgan fingerprint density at radius 3 is 2.47 bits per heavy atom. The summed E-state index contributed by atoms with van der Waals surface area (Å²) in [5, 5.41) is 11.1. The molecule has 7 nitrogen and oxygen atoms in total. The Bertz CT molecular complexity index is 1230. The average Bonchev–Trinajstić information content (AvgIpc) is 3.45. The lowest BCUT2D eigenvalue weighted by Gasteiger charge is -2.14. The molecule has 0 unspecified atom stereocenters. The van der Waals surface area contributed by atoms with Crippen molar-refractivity contribution >= 4 is 23.4 Å². The molecule has 34 heavy (non-hydrogen) atoms. The van der Waals surface area contributed by atoms with Crippen molar-refractivity contribution in [2.24, 2.45) is 0 Å². The number of hydrogen-bond donors (Lipinski definition) is 1. The molecular formula is C23H19F3N4O3S. The SMILES string of the molecule is C[C@@H](Sc1nnc(-c2ccco2)n1Cc1ccccc1)C(=O)Nc1ccc(OC(F)(F)F)cc1. The number of amides is 1. The van der Waals surface area contributed by atoms with Crippen molar-refractivity contribution in [3.8, 4) is 17.3 Å². The van der Waals surface area contributed by atoms with Crippen LogP contribution in [0.15, 0.2) is 82.6 Å². The first-order chi connectivity index (χ1) is 16.3. The molecule has 1 atom stereocenters. The molecule has 0 bridgehead atoms. The van der Waals surface area contributed by atoms with Crippen LogP contribution in [0.2, 0.25) is 0 Å². The van der Waals surface area contributed by atoms with Gasteiger partial charge in [-0.1, -0.05) is 42.1 Å². The smallest absolute Gasteiger partial charge is 0.461 e. The van der Waals surface area contributed by atoms with Gasteiger partial charge in [0, 0.05) is 5.69 Å². The third-order valence-electron chi connectivity index (χ3n) is 4.65. The normalized spacial score (nSPS) is 12.4. The van der Waals surface area contributed by atoms with E-state index in [1.54, 1.807) is 25.3 Å². The molecule has 0 spiro atoms. The zero-order valence-corrected chi connectivity index (χ0v) is 18.6. The highest BCUT2D eigenvalue weighted by molar-refractivity contribution is 8.00. The number of nitrogens with one attached hydrogen (secondary N) is 1. The number of nitrogens with zero attached hydrogens (tertiary/aromatic N) is 3. The molecule has 0 aliphatic rings. The lowest BCUT2D eigenvalue weighted by molar-refractivity contribution is -0.274. The van der Waals surface area contributed by atoms with E-state index in [9.17, 15) is 18.0 Å². The number of alkyl halides is 3. The van der Waals surface area contributed by atoms with Crippen LogP contribution in [-0.2, 0) is 11.3 Å². The minimum Gasteiger partial charge on any atom is -0.461 e. The summed E-state index contributed by atoms with van der Waals surface area (Å²) >= 11 is 1.21. The number of halogens is 3. The van der Waals surface area contributed by atoms with Crippen LogP contribution in [0.5, 0.6) is 5.75 Å². The van der Waals surface area contributed by atoms with Crippen molar-refractivity contribution in [1.29, 1.82) is 0 Å². The van der Waals surface area contributed by atoms with Crippen LogP contribution in [-0.4, -0.2) is 32.3 Å². The molecule has 0 radical (unpaired) electrons. The van der Waals surface area contributed by atoms with Crippen LogP contribution in [0.3, 0.4) is 0 Å². The zero-order valence-electron chi connectivity index (χ0n) is 17.8. The summed E-state index contributed by atoms with van der Waals surface area (Å²) < 4.78 is 48.1. The molecule has 0 aliphatic heterocycles. The Kier molecular flexibility index (Phi) is 6.92. The van der Waals surface area contributed by atoms with Crippen molar-refractivity contribution in [3.63, 3.8) is 0 Å². The fourth-order valence-electron chi connectivity index (χ4n) is 3.07. The zero-order chi connectivity index (χ0) is 24.1. The Balaban J connectivity index is 1.48. The summed E-state index contributed by atoms with van der Waals surface area (Å²) in [6.45, 7) is 2.18. The topological polar surface area (TPSA) is 82.2 Å². The quantitative estimate of drug-likeness (QED) is 0.325. The van der Waals surface area contributed by atoms with Crippen LogP contribution in [0, 0.1) is 0 Å². The first-order valence-corrected chi connectivity index (χ1v) is 11.0. The minimum absolute atomic E-state index is 0.342. The van der Waals surface area contributed by atoms with Crippen LogP contribution in [0.1, 0.15) is 12.5 Å². The molecule has 2 aromatic carbocycles. The minimum atomic E-state index is -4.78. The summed E-state index contributed by atoms with van der Waals surface area (Å²) in [5.41, 5.74) is 1.37. The van der Waals surface area contributed by atoms with Gasteiger partial charge in [0.25, 0.3) is 0 Å². The summed E-state index contributed by atoms with van der Waals surface area (Å²) in [5.74, 6) is 0.369. The molecule has 2 heterocycles. The van der Waals surface area contributed by atoms with Crippen LogP contribution in [0.25, 0.3) is 11.6 Å². The Morgan fingerprint density at radius 1 is 1.09 bits per heavy atom. The van der Waals surface area contributed by atoms with Crippen LogP contribution < -0.4 is 10.1 Å². The first-order valence-electron chi connectivity index (χ1n) is 10.1. The Hall–Kier alpha value is -3.73. The molecule has 176 valence electrons. The van der Waals surface area contributed by atoms with Crippen LogP contribution in [0.4, 0.5) is 18.9 Å². The molecule has 2 aromatic heterocycles. The van der Waals surface area contributed by atoms with Gasteiger partial charge in [-0.25, -0.2) is 0 Å². The number of carbonyl (C=O) groups is 1. The largest absolute Gasteiger partial charge is 0.573 e. The average molecular weight is 488 g/mol. The highest BCUT2D eigenvalue weighted by Crippen LogP contribution is 2.29. The summed E-state index contributed by atoms with van der Waals surface area (Å²) in [7, 11) is 0. The predicted molar refractivity (Wildman–Crippen MR) is 120 cm³/mol. The number of carbonyl (C=O) groups excluding carboxylic acids is 1. The highest BCUT2D eigenvalue weighted by Gasteiger charge is 2.31. The number of thioether (sulfide) groups is 1. The number of anilines is 1. The van der Waals surface area contributed by atoms with E-state index in [4.69, 9.17) is 4.42 Å². The van der Waals surface area contributed by atoms with E-state index in [1.165, 1.54) is 23.9 Å². The second kappa shape index (κ2) is 10.0. The van der Waals surface area contributed by atoms with Crippen molar-refractivity contribution < 1.29 is 27.1 Å². The van der Waals surface area contributed by atoms with Gasteiger partial charge in [0.15, 0.2) is 10.9 Å². The fourth-order valence-corrected chi connectivity index (χ4v) is 3.92. The monoisotopic (exact) mass is 488 g/mol.